The largest absolute Gasteiger partial charge is 0.466 e. The number of aromatic nitrogens is 2. The number of esters is 3. The van der Waals surface area contributed by atoms with Crippen LogP contribution in [0.15, 0.2) is 64.8 Å². The summed E-state index contributed by atoms with van der Waals surface area (Å²) in [6.07, 6.45) is 3.12. The van der Waals surface area contributed by atoms with Gasteiger partial charge in [-0.05, 0) is 97.6 Å². The van der Waals surface area contributed by atoms with E-state index in [0.29, 0.717) is 56.6 Å². The van der Waals surface area contributed by atoms with Gasteiger partial charge in [0.25, 0.3) is 0 Å². The maximum absolute atomic E-state index is 14.2. The van der Waals surface area contributed by atoms with E-state index in [1.165, 1.54) is 24.3 Å². The van der Waals surface area contributed by atoms with Crippen LogP contribution in [0.2, 0.25) is 0 Å². The number of cyclic esters (lactones) is 1. The van der Waals surface area contributed by atoms with Crippen molar-refractivity contribution in [2.24, 2.45) is 5.41 Å². The van der Waals surface area contributed by atoms with Crippen LogP contribution in [0.25, 0.3) is 11.0 Å². The lowest BCUT2D eigenvalue weighted by Gasteiger charge is -2.51. The van der Waals surface area contributed by atoms with Gasteiger partial charge in [0.15, 0.2) is 17.9 Å². The smallest absolute Gasteiger partial charge is 0.339 e. The number of amides is 1. The molecular formula is C49H63N5O17. The number of aliphatic hydroxyl groups excluding tert-OH is 2. The molecule has 71 heavy (non-hydrogen) atoms. The second-order valence-corrected chi connectivity index (χ2v) is 18.9. The third kappa shape index (κ3) is 13.8. The Morgan fingerprint density at radius 1 is 0.972 bits per heavy atom. The van der Waals surface area contributed by atoms with Crippen molar-refractivity contribution in [1.29, 1.82) is 0 Å². The number of ether oxygens (including phenoxy) is 7. The van der Waals surface area contributed by atoms with Crippen LogP contribution < -0.4 is 10.6 Å². The molecule has 22 nitrogen and oxygen atoms in total. The molecule has 6 bridgehead atoms. The van der Waals surface area contributed by atoms with Crippen molar-refractivity contribution >= 4 is 51.9 Å². The van der Waals surface area contributed by atoms with Gasteiger partial charge < -0.3 is 59.1 Å². The second-order valence-electron chi connectivity index (χ2n) is 18.9. The van der Waals surface area contributed by atoms with Gasteiger partial charge in [0.2, 0.25) is 17.2 Å². The zero-order chi connectivity index (χ0) is 50.7. The first-order chi connectivity index (χ1) is 34.0. The quantitative estimate of drug-likeness (QED) is 0.0275. The number of carbonyl (C=O) groups is 4. The molecule has 386 valence electrons. The summed E-state index contributed by atoms with van der Waals surface area (Å²) >= 11 is 0. The number of fused-ring (bicyclic) bond motifs is 7. The Balaban J connectivity index is 1.05. The van der Waals surface area contributed by atoms with E-state index >= 15 is 0 Å². The minimum Gasteiger partial charge on any atom is -0.466 e. The number of benzene rings is 2. The number of carbonyl (C=O) groups excluding carboxylic acids is 4. The predicted octanol–water partition coefficient (Wildman–Crippen LogP) is 5.34. The first-order valence-electron chi connectivity index (χ1n) is 24.1. The number of nitro benzene ring substituents is 1. The summed E-state index contributed by atoms with van der Waals surface area (Å²) in [4.78, 5) is 64.1. The Bertz CT molecular complexity index is 2420. The van der Waals surface area contributed by atoms with Crippen molar-refractivity contribution in [1.82, 2.24) is 10.3 Å². The summed E-state index contributed by atoms with van der Waals surface area (Å²) in [5.41, 5.74) is -0.482. The van der Waals surface area contributed by atoms with E-state index in [-0.39, 0.29) is 84.2 Å². The molecule has 3 aromatic rings. The molecule has 4 aliphatic rings. The van der Waals surface area contributed by atoms with Gasteiger partial charge >= 0.3 is 23.6 Å². The lowest BCUT2D eigenvalue weighted by atomic mass is 9.74. The van der Waals surface area contributed by atoms with E-state index in [4.69, 9.17) is 37.8 Å². The van der Waals surface area contributed by atoms with Crippen molar-refractivity contribution in [2.45, 2.75) is 152 Å². The molecule has 2 aromatic carbocycles. The number of nitrogens with one attached hydrogen (secondary N) is 2. The summed E-state index contributed by atoms with van der Waals surface area (Å²) in [6.45, 7) is 3.50. The topological polar surface area (TPSA) is 300 Å². The highest BCUT2D eigenvalue weighted by Crippen LogP contribution is 2.47. The number of nitro groups is 1. The zero-order valence-corrected chi connectivity index (χ0v) is 40.0. The average Bonchev–Trinajstić information content (AvgIpc) is 3.83. The summed E-state index contributed by atoms with van der Waals surface area (Å²) in [6, 6.07) is 8.87. The monoisotopic (exact) mass is 993 g/mol. The van der Waals surface area contributed by atoms with Crippen LogP contribution in [0.1, 0.15) is 108 Å². The molecular weight excluding hydrogens is 931 g/mol. The van der Waals surface area contributed by atoms with Gasteiger partial charge in [-0.2, -0.15) is 0 Å². The number of anilines is 2. The molecule has 3 fully saturated rings. The van der Waals surface area contributed by atoms with E-state index in [1.807, 2.05) is 0 Å². The van der Waals surface area contributed by atoms with Crippen molar-refractivity contribution in [3.63, 3.8) is 0 Å². The molecule has 1 aromatic heterocycles. The van der Waals surface area contributed by atoms with Gasteiger partial charge in [0, 0.05) is 49.1 Å². The third-order valence-corrected chi connectivity index (χ3v) is 13.2. The molecule has 0 aliphatic carbocycles. The number of non-ortho nitro benzene ring substituents is 1. The molecule has 5 heterocycles. The fourth-order valence-corrected chi connectivity index (χ4v) is 9.39. The number of hydrogen-bond donors (Lipinski definition) is 5. The summed E-state index contributed by atoms with van der Waals surface area (Å²) in [5.74, 6) is -5.28. The normalized spacial score (nSPS) is 29.3. The number of nitrogens with zero attached hydrogens (tertiary/aromatic N) is 3. The highest BCUT2D eigenvalue weighted by molar-refractivity contribution is 5.95. The minimum atomic E-state index is -2.45. The lowest BCUT2D eigenvalue weighted by Crippen LogP contribution is -2.62. The zero-order valence-electron chi connectivity index (χ0n) is 40.0. The highest BCUT2D eigenvalue weighted by atomic mass is 16.7. The number of aliphatic hydroxyl groups is 3. The van der Waals surface area contributed by atoms with Gasteiger partial charge in [0.1, 0.15) is 6.10 Å². The van der Waals surface area contributed by atoms with Crippen molar-refractivity contribution in [2.75, 3.05) is 37.5 Å². The Kier molecular flexibility index (Phi) is 17.9. The maximum atomic E-state index is 14.2. The van der Waals surface area contributed by atoms with Crippen LogP contribution in [0, 0.1) is 15.5 Å². The molecule has 0 unspecified atom stereocenters. The molecule has 0 saturated carbocycles. The molecule has 0 spiro atoms. The average molecular weight is 994 g/mol. The summed E-state index contributed by atoms with van der Waals surface area (Å²) in [7, 11) is 1.16. The van der Waals surface area contributed by atoms with E-state index in [9.17, 15) is 44.6 Å². The van der Waals surface area contributed by atoms with Gasteiger partial charge in [0.05, 0.1) is 73.4 Å². The first kappa shape index (κ1) is 52.9. The van der Waals surface area contributed by atoms with E-state index < -0.39 is 71.3 Å². The van der Waals surface area contributed by atoms with E-state index in [0.717, 1.165) is 32.4 Å². The SMILES string of the molecule is COC(=O)/C=C1\C[C@H]2C[C@H](CO)OC(=O)C[C@H](O)C[C@@H]3CCC[C@H](C[C@@H]4CCO[C@H](/C=C\C(C)(C)[C@](O)(O2)[C@H]1OC(=O)c1cccc(NC(=O)CCCCCNc2ccc([N+](=O)[O-])c5nonc25)c1)O4)O3. The van der Waals surface area contributed by atoms with E-state index in [2.05, 4.69) is 20.9 Å². The molecule has 22 heteroatoms. The molecule has 4 aliphatic heterocycles. The Morgan fingerprint density at radius 3 is 2.52 bits per heavy atom. The lowest BCUT2D eigenvalue weighted by molar-refractivity contribution is -0.383. The molecule has 0 radical (unpaired) electrons. The maximum Gasteiger partial charge on any atom is 0.339 e. The van der Waals surface area contributed by atoms with Crippen LogP contribution in [-0.2, 0) is 47.5 Å². The highest BCUT2D eigenvalue weighted by Gasteiger charge is 2.58. The van der Waals surface area contributed by atoms with Crippen LogP contribution in [-0.4, -0.2) is 136 Å². The second kappa shape index (κ2) is 24.0. The van der Waals surface area contributed by atoms with Crippen LogP contribution in [0.4, 0.5) is 17.1 Å². The van der Waals surface area contributed by atoms with Crippen molar-refractivity contribution in [3.8, 4) is 0 Å². The van der Waals surface area contributed by atoms with Gasteiger partial charge in [-0.15, -0.1) is 0 Å². The molecule has 5 N–H and O–H groups in total. The summed E-state index contributed by atoms with van der Waals surface area (Å²) < 4.78 is 46.6. The number of hydrogen-bond acceptors (Lipinski definition) is 20. The standard InChI is InChI=1S/C49H63N5O17/c1-48(2)18-16-43-65-20-17-35(68-43)26-34-12-8-11-33(66-34)24-32(56)25-42(59)67-37(28-55)27-36-22-30(23-41(58)64-3)46(49(48,61)70-36)69-47(60)29-9-7-10-31(21-29)51-40(57)13-5-4-6-19-50-38-14-15-39(54(62)63)45-44(38)52-71-53-45/h7,9-10,14-16,18,21,23,32-37,43,46,50,55-56,61H,4-6,8,11-13,17,19-20,22,24-28H2,1-3H3,(H,51,57)/b18-16-,30-23+/t32-,33+,34-,35+,36+,37-,43+,46+,49-/m1/s1. The number of methoxy groups -OCH3 is 1. The number of unbranched alkanes of at least 4 members (excludes halogenated alkanes) is 2. The fourth-order valence-electron chi connectivity index (χ4n) is 9.39. The molecule has 7 rings (SSSR count). The van der Waals surface area contributed by atoms with Gasteiger partial charge in [-0.1, -0.05) is 32.4 Å². The Morgan fingerprint density at radius 2 is 1.75 bits per heavy atom. The summed E-state index contributed by atoms with van der Waals surface area (Å²) in [5, 5.41) is 58.9. The third-order valence-electron chi connectivity index (χ3n) is 13.2. The molecule has 3 saturated heterocycles. The Hall–Kier alpha value is -5.88. The fraction of sp³-hybridized carbons (Fsp3) is 0.592. The van der Waals surface area contributed by atoms with E-state index in [1.54, 1.807) is 38.1 Å². The first-order valence-corrected chi connectivity index (χ1v) is 24.1. The molecule has 1 amide bonds. The minimum absolute atomic E-state index is 0.00213. The molecule has 9 atom stereocenters. The predicted molar refractivity (Wildman–Crippen MR) is 250 cm³/mol. The van der Waals surface area contributed by atoms with Crippen LogP contribution in [0.3, 0.4) is 0 Å². The van der Waals surface area contributed by atoms with Gasteiger partial charge in [-0.3, -0.25) is 19.7 Å². The van der Waals surface area contributed by atoms with Crippen molar-refractivity contribution < 1.29 is 77.2 Å². The Labute approximate surface area is 409 Å². The van der Waals surface area contributed by atoms with Crippen LogP contribution >= 0.6 is 0 Å². The van der Waals surface area contributed by atoms with Gasteiger partial charge in [-0.25, -0.2) is 14.2 Å². The van der Waals surface area contributed by atoms with Crippen LogP contribution in [0.5, 0.6) is 0 Å². The number of rotatable bonds is 13. The van der Waals surface area contributed by atoms with Crippen molar-refractivity contribution in [3.05, 3.63) is 75.9 Å².